The molecule has 0 radical (unpaired) electrons. The normalized spacial score (nSPS) is 13.3. The first-order valence-electron chi connectivity index (χ1n) is 11.4. The molecule has 3 N–H and O–H groups in total. The van der Waals surface area contributed by atoms with Gasteiger partial charge < -0.3 is 5.73 Å². The van der Waals surface area contributed by atoms with Crippen LogP contribution in [0, 0.1) is 0 Å². The zero-order chi connectivity index (χ0) is 23.8. The van der Waals surface area contributed by atoms with Crippen molar-refractivity contribution in [1.82, 2.24) is 5.32 Å². The summed E-state index contributed by atoms with van der Waals surface area (Å²) in [7, 11) is 0. The van der Waals surface area contributed by atoms with Gasteiger partial charge >= 0.3 is 0 Å². The molecule has 6 aromatic carbocycles. The zero-order valence-corrected chi connectivity index (χ0v) is 18.5. The molecule has 166 valence electrons. The van der Waals surface area contributed by atoms with Crippen LogP contribution in [0.4, 0.5) is 0 Å². The van der Waals surface area contributed by atoms with Crippen molar-refractivity contribution in [2.45, 2.75) is 6.42 Å². The van der Waals surface area contributed by atoms with E-state index < -0.39 is 5.91 Å². The fourth-order valence-corrected chi connectivity index (χ4v) is 5.74. The van der Waals surface area contributed by atoms with Crippen molar-refractivity contribution < 1.29 is 14.4 Å². The predicted octanol–water partition coefficient (Wildman–Crippen LogP) is 5.31. The molecule has 0 saturated carbocycles. The number of rotatable bonds is 3. The largest absolute Gasteiger partial charge is 0.366 e. The van der Waals surface area contributed by atoms with Gasteiger partial charge in [-0.05, 0) is 73.5 Å². The molecule has 0 bridgehead atoms. The molecule has 0 aliphatic carbocycles. The average Bonchev–Trinajstić information content (AvgIpc) is 2.87. The number of carbonyl (C=O) groups is 3. The van der Waals surface area contributed by atoms with Gasteiger partial charge in [0.05, 0.1) is 0 Å². The first kappa shape index (κ1) is 19.7. The lowest BCUT2D eigenvalue weighted by Crippen LogP contribution is -2.34. The van der Waals surface area contributed by atoms with E-state index in [0.717, 1.165) is 48.8 Å². The minimum absolute atomic E-state index is 0.385. The van der Waals surface area contributed by atoms with Gasteiger partial charge in [0.25, 0.3) is 11.8 Å². The van der Waals surface area contributed by atoms with Crippen molar-refractivity contribution in [3.8, 4) is 0 Å². The van der Waals surface area contributed by atoms with Crippen LogP contribution in [0.3, 0.4) is 0 Å². The van der Waals surface area contributed by atoms with E-state index in [1.54, 1.807) is 18.2 Å². The molecule has 0 fully saturated rings. The van der Waals surface area contributed by atoms with Gasteiger partial charge in [-0.15, -0.1) is 0 Å². The minimum atomic E-state index is -0.471. The van der Waals surface area contributed by atoms with Crippen LogP contribution in [0.25, 0.3) is 43.1 Å². The molecular weight excluding hydrogens is 436 g/mol. The van der Waals surface area contributed by atoms with Gasteiger partial charge in [0.2, 0.25) is 5.91 Å². The van der Waals surface area contributed by atoms with E-state index in [2.05, 4.69) is 29.6 Å². The summed E-state index contributed by atoms with van der Waals surface area (Å²) in [5, 5.41) is 9.62. The molecule has 1 heterocycles. The molecule has 5 heteroatoms. The predicted molar refractivity (Wildman–Crippen MR) is 137 cm³/mol. The maximum absolute atomic E-state index is 12.6. The van der Waals surface area contributed by atoms with Crippen molar-refractivity contribution in [2.75, 3.05) is 0 Å². The second-order valence-corrected chi connectivity index (χ2v) is 9.06. The standard InChI is InChI=1S/C30H18N2O3/c31-28(33)21-11-8-18-20-10-13-23-27-22(29(34)32-30(23)35)12-9-19(26(20)27)17-7-6-16(24(21)25(17)18)14-15-4-2-1-3-5-15/h1-13H,14H2,(H2,31,33)(H,32,34,35). The Morgan fingerprint density at radius 3 is 1.77 bits per heavy atom. The first-order chi connectivity index (χ1) is 17.0. The van der Waals surface area contributed by atoms with Crippen LogP contribution in [0.15, 0.2) is 78.9 Å². The number of hydrogen-bond donors (Lipinski definition) is 2. The number of amides is 3. The third kappa shape index (κ3) is 2.60. The molecule has 0 spiro atoms. The van der Waals surface area contributed by atoms with Crippen LogP contribution in [0.1, 0.15) is 42.2 Å². The lowest BCUT2D eigenvalue weighted by molar-refractivity contribution is 0.0844. The Bertz CT molecular complexity index is 1840. The highest BCUT2D eigenvalue weighted by atomic mass is 16.2. The summed E-state index contributed by atoms with van der Waals surface area (Å²) < 4.78 is 0. The number of fused-ring (bicyclic) bond motifs is 2. The molecule has 1 aliphatic rings. The molecule has 0 atom stereocenters. The highest BCUT2D eigenvalue weighted by Crippen LogP contribution is 2.44. The van der Waals surface area contributed by atoms with E-state index in [4.69, 9.17) is 5.73 Å². The fourth-order valence-electron chi connectivity index (χ4n) is 5.74. The molecular formula is C30H18N2O3. The van der Waals surface area contributed by atoms with Gasteiger partial charge in [-0.2, -0.15) is 0 Å². The monoisotopic (exact) mass is 454 g/mol. The number of carbonyl (C=O) groups excluding carboxylic acids is 3. The van der Waals surface area contributed by atoms with Gasteiger partial charge in [0, 0.05) is 22.1 Å². The van der Waals surface area contributed by atoms with Gasteiger partial charge in [0.15, 0.2) is 0 Å². The van der Waals surface area contributed by atoms with E-state index in [0.29, 0.717) is 28.5 Å². The van der Waals surface area contributed by atoms with Crippen molar-refractivity contribution in [1.29, 1.82) is 0 Å². The molecule has 1 aliphatic heterocycles. The molecule has 0 saturated heterocycles. The van der Waals surface area contributed by atoms with E-state index >= 15 is 0 Å². The Morgan fingerprint density at radius 1 is 0.629 bits per heavy atom. The summed E-state index contributed by atoms with van der Waals surface area (Å²) in [5.41, 5.74) is 9.49. The highest BCUT2D eigenvalue weighted by Gasteiger charge is 2.28. The van der Waals surface area contributed by atoms with E-state index in [9.17, 15) is 14.4 Å². The highest BCUT2D eigenvalue weighted by molar-refractivity contribution is 6.39. The van der Waals surface area contributed by atoms with Crippen LogP contribution in [0.5, 0.6) is 0 Å². The van der Waals surface area contributed by atoms with Crippen molar-refractivity contribution in [3.05, 3.63) is 107 Å². The van der Waals surface area contributed by atoms with Gasteiger partial charge in [0.1, 0.15) is 0 Å². The summed E-state index contributed by atoms with van der Waals surface area (Å²) in [6, 6.07) is 25.4. The summed E-state index contributed by atoms with van der Waals surface area (Å²) in [5.74, 6) is -1.24. The Kier molecular flexibility index (Phi) is 3.86. The minimum Gasteiger partial charge on any atom is -0.366 e. The van der Waals surface area contributed by atoms with Gasteiger partial charge in [-0.1, -0.05) is 60.7 Å². The van der Waals surface area contributed by atoms with Crippen LogP contribution in [0.2, 0.25) is 0 Å². The second-order valence-electron chi connectivity index (χ2n) is 9.06. The number of imide groups is 1. The summed E-state index contributed by atoms with van der Waals surface area (Å²) in [4.78, 5) is 37.7. The lowest BCUT2D eigenvalue weighted by Gasteiger charge is -2.22. The molecule has 0 unspecified atom stereocenters. The summed E-state index contributed by atoms with van der Waals surface area (Å²) in [6.45, 7) is 0. The van der Waals surface area contributed by atoms with Crippen molar-refractivity contribution in [3.63, 3.8) is 0 Å². The third-order valence-corrected chi connectivity index (χ3v) is 7.21. The first-order valence-corrected chi connectivity index (χ1v) is 11.4. The number of nitrogens with one attached hydrogen (secondary N) is 1. The number of primary amides is 1. The third-order valence-electron chi connectivity index (χ3n) is 7.21. The molecule has 6 aromatic rings. The maximum Gasteiger partial charge on any atom is 0.258 e. The molecule has 7 rings (SSSR count). The topological polar surface area (TPSA) is 89.3 Å². The molecule has 0 aromatic heterocycles. The van der Waals surface area contributed by atoms with Crippen LogP contribution >= 0.6 is 0 Å². The SMILES string of the molecule is NC(=O)c1ccc2c3ccc4c5c(ccc(c6ccc(Cc7ccccc7)c1c62)c53)C(=O)NC4=O. The van der Waals surface area contributed by atoms with E-state index in [-0.39, 0.29) is 11.8 Å². The maximum atomic E-state index is 12.6. The lowest BCUT2D eigenvalue weighted by atomic mass is 9.83. The number of benzene rings is 6. The Balaban J connectivity index is 1.68. The second kappa shape index (κ2) is 6.87. The number of nitrogens with two attached hydrogens (primary N) is 1. The Labute approximate surface area is 199 Å². The van der Waals surface area contributed by atoms with Crippen LogP contribution in [-0.4, -0.2) is 17.7 Å². The summed E-state index contributed by atoms with van der Waals surface area (Å²) >= 11 is 0. The van der Waals surface area contributed by atoms with Gasteiger partial charge in [-0.3, -0.25) is 19.7 Å². The molecule has 35 heavy (non-hydrogen) atoms. The molecule has 3 amide bonds. The van der Waals surface area contributed by atoms with Crippen molar-refractivity contribution >= 4 is 60.8 Å². The van der Waals surface area contributed by atoms with Gasteiger partial charge in [-0.25, -0.2) is 0 Å². The summed E-state index contributed by atoms with van der Waals surface area (Å²) in [6.07, 6.45) is 0.663. The van der Waals surface area contributed by atoms with E-state index in [1.807, 2.05) is 36.4 Å². The van der Waals surface area contributed by atoms with Crippen LogP contribution in [-0.2, 0) is 6.42 Å². The van der Waals surface area contributed by atoms with Crippen LogP contribution < -0.4 is 11.1 Å². The number of hydrogen-bond acceptors (Lipinski definition) is 3. The van der Waals surface area contributed by atoms with Crippen molar-refractivity contribution in [2.24, 2.45) is 5.73 Å². The average molecular weight is 454 g/mol. The van der Waals surface area contributed by atoms with E-state index in [1.165, 1.54) is 0 Å². The molecule has 5 nitrogen and oxygen atoms in total. The fraction of sp³-hybridized carbons (Fsp3) is 0.0333. The quantitative estimate of drug-likeness (QED) is 0.216. The Morgan fingerprint density at radius 2 is 1.17 bits per heavy atom. The Hall–Kier alpha value is -4.77. The zero-order valence-electron chi connectivity index (χ0n) is 18.5. The smallest absolute Gasteiger partial charge is 0.258 e.